The second-order valence-electron chi connectivity index (χ2n) is 6.36. The Bertz CT molecular complexity index is 686. The largest absolute Gasteiger partial charge is 0.477 e. The van der Waals surface area contributed by atoms with Crippen molar-refractivity contribution in [3.63, 3.8) is 0 Å². The third kappa shape index (κ3) is 3.44. The van der Waals surface area contributed by atoms with Gasteiger partial charge in [0.1, 0.15) is 5.82 Å². The van der Waals surface area contributed by atoms with Gasteiger partial charge in [-0.25, -0.2) is 9.78 Å². The first kappa shape index (κ1) is 16.0. The maximum Gasteiger partial charge on any atom is 0.354 e. The average Bonchev–Trinajstić information content (AvgIpc) is 2.81. The number of anilines is 1. The van der Waals surface area contributed by atoms with E-state index >= 15 is 0 Å². The minimum absolute atomic E-state index is 0.0207. The highest BCUT2D eigenvalue weighted by atomic mass is 16.4. The molecule has 118 valence electrons. The van der Waals surface area contributed by atoms with Crippen LogP contribution in [0.25, 0.3) is 0 Å². The molecule has 22 heavy (non-hydrogen) atoms. The number of rotatable bonds is 4. The Morgan fingerprint density at radius 2 is 2.05 bits per heavy atom. The summed E-state index contributed by atoms with van der Waals surface area (Å²) in [5, 5.41) is 16.8. The molecular weight excluding hydrogens is 280 g/mol. The first-order chi connectivity index (χ1) is 10.2. The quantitative estimate of drug-likeness (QED) is 0.906. The van der Waals surface area contributed by atoms with Gasteiger partial charge < -0.3 is 10.4 Å². The summed E-state index contributed by atoms with van der Waals surface area (Å²) in [5.41, 5.74) is 1.96. The number of carboxylic acids is 1. The van der Waals surface area contributed by atoms with Crippen molar-refractivity contribution in [2.45, 2.75) is 46.2 Å². The molecule has 2 aromatic rings. The van der Waals surface area contributed by atoms with Crippen LogP contribution in [0.2, 0.25) is 0 Å². The summed E-state index contributed by atoms with van der Waals surface area (Å²) in [6, 6.07) is 4.89. The van der Waals surface area contributed by atoms with Crippen LogP contribution >= 0.6 is 0 Å². The van der Waals surface area contributed by atoms with Gasteiger partial charge in [-0.2, -0.15) is 5.10 Å². The molecule has 0 aliphatic carbocycles. The smallest absolute Gasteiger partial charge is 0.354 e. The second kappa shape index (κ2) is 5.79. The number of nitrogens with zero attached hydrogens (tertiary/aromatic N) is 3. The van der Waals surface area contributed by atoms with Gasteiger partial charge in [0, 0.05) is 11.8 Å². The molecular formula is C16H22N4O2. The van der Waals surface area contributed by atoms with Crippen molar-refractivity contribution in [2.24, 2.45) is 0 Å². The average molecular weight is 302 g/mol. The van der Waals surface area contributed by atoms with Gasteiger partial charge in [0.15, 0.2) is 5.69 Å². The number of pyridine rings is 1. The molecule has 0 fully saturated rings. The molecule has 0 saturated heterocycles. The van der Waals surface area contributed by atoms with Crippen LogP contribution in [-0.4, -0.2) is 25.8 Å². The first-order valence-electron chi connectivity index (χ1n) is 7.22. The summed E-state index contributed by atoms with van der Waals surface area (Å²) in [6.45, 7) is 10.3. The van der Waals surface area contributed by atoms with Gasteiger partial charge in [-0.05, 0) is 46.8 Å². The zero-order valence-electron chi connectivity index (χ0n) is 13.6. The molecule has 1 unspecified atom stereocenters. The van der Waals surface area contributed by atoms with Crippen molar-refractivity contribution in [1.29, 1.82) is 0 Å². The second-order valence-corrected chi connectivity index (χ2v) is 6.36. The molecule has 2 aromatic heterocycles. The number of carbonyl (C=O) groups is 1. The molecule has 0 aromatic carbocycles. The number of aromatic nitrogens is 3. The Kier molecular flexibility index (Phi) is 4.21. The van der Waals surface area contributed by atoms with Gasteiger partial charge in [-0.15, -0.1) is 0 Å². The van der Waals surface area contributed by atoms with E-state index in [1.807, 2.05) is 24.7 Å². The zero-order valence-corrected chi connectivity index (χ0v) is 13.6. The van der Waals surface area contributed by atoms with Crippen molar-refractivity contribution in [3.05, 3.63) is 41.3 Å². The van der Waals surface area contributed by atoms with E-state index in [9.17, 15) is 4.79 Å². The van der Waals surface area contributed by atoms with E-state index in [-0.39, 0.29) is 17.3 Å². The van der Waals surface area contributed by atoms with Gasteiger partial charge in [0.05, 0.1) is 17.3 Å². The highest BCUT2D eigenvalue weighted by molar-refractivity contribution is 5.85. The van der Waals surface area contributed by atoms with Gasteiger partial charge in [-0.3, -0.25) is 4.68 Å². The molecule has 0 amide bonds. The summed E-state index contributed by atoms with van der Waals surface area (Å²) >= 11 is 0. The Hall–Kier alpha value is -2.37. The minimum atomic E-state index is -1.03. The summed E-state index contributed by atoms with van der Waals surface area (Å²) in [7, 11) is 0. The van der Waals surface area contributed by atoms with Crippen molar-refractivity contribution < 1.29 is 9.90 Å². The van der Waals surface area contributed by atoms with Crippen LogP contribution in [0.3, 0.4) is 0 Å². The van der Waals surface area contributed by atoms with Crippen LogP contribution in [0.15, 0.2) is 24.4 Å². The normalized spacial score (nSPS) is 13.0. The highest BCUT2D eigenvalue weighted by Crippen LogP contribution is 2.23. The van der Waals surface area contributed by atoms with Crippen LogP contribution in [0, 0.1) is 6.92 Å². The summed E-state index contributed by atoms with van der Waals surface area (Å²) < 4.78 is 1.94. The topological polar surface area (TPSA) is 80.0 Å². The van der Waals surface area contributed by atoms with Crippen molar-refractivity contribution >= 4 is 11.8 Å². The number of aryl methyl sites for hydroxylation is 1. The number of nitrogens with one attached hydrogen (secondary N) is 1. The van der Waals surface area contributed by atoms with Gasteiger partial charge >= 0.3 is 5.97 Å². The Labute approximate surface area is 130 Å². The van der Waals surface area contributed by atoms with E-state index in [1.165, 1.54) is 6.07 Å². The molecule has 2 N–H and O–H groups in total. The molecule has 6 heteroatoms. The SMILES string of the molecule is Cc1nn(C(C)(C)C)cc1C(C)Nc1cccc(C(=O)O)n1. The molecule has 0 aliphatic heterocycles. The molecule has 0 radical (unpaired) electrons. The Morgan fingerprint density at radius 3 is 2.59 bits per heavy atom. The lowest BCUT2D eigenvalue weighted by atomic mass is 10.1. The van der Waals surface area contributed by atoms with Crippen LogP contribution in [0.5, 0.6) is 0 Å². The zero-order chi connectivity index (χ0) is 16.5. The number of carboxylic acid groups (broad SMARTS) is 1. The van der Waals surface area contributed by atoms with Crippen molar-refractivity contribution in [3.8, 4) is 0 Å². The third-order valence-electron chi connectivity index (χ3n) is 3.42. The van der Waals surface area contributed by atoms with E-state index in [0.29, 0.717) is 5.82 Å². The third-order valence-corrected chi connectivity index (χ3v) is 3.42. The Balaban J connectivity index is 2.22. The van der Waals surface area contributed by atoms with Crippen LogP contribution in [0.1, 0.15) is 55.5 Å². The minimum Gasteiger partial charge on any atom is -0.477 e. The molecule has 2 rings (SSSR count). The maximum absolute atomic E-state index is 11.0. The molecule has 0 saturated carbocycles. The molecule has 0 bridgehead atoms. The maximum atomic E-state index is 11.0. The lowest BCUT2D eigenvalue weighted by Crippen LogP contribution is -2.22. The lowest BCUT2D eigenvalue weighted by Gasteiger charge is -2.19. The van der Waals surface area contributed by atoms with Crippen molar-refractivity contribution in [2.75, 3.05) is 5.32 Å². The van der Waals surface area contributed by atoms with Crippen LogP contribution in [0.4, 0.5) is 5.82 Å². The fraction of sp³-hybridized carbons (Fsp3) is 0.438. The molecule has 2 heterocycles. The van der Waals surface area contributed by atoms with Crippen molar-refractivity contribution in [1.82, 2.24) is 14.8 Å². The molecule has 1 atom stereocenters. The number of aromatic carboxylic acids is 1. The van der Waals surface area contributed by atoms with Gasteiger partial charge in [-0.1, -0.05) is 6.07 Å². The van der Waals surface area contributed by atoms with Gasteiger partial charge in [0.25, 0.3) is 0 Å². The summed E-state index contributed by atoms with van der Waals surface area (Å²) in [6.07, 6.45) is 2.02. The summed E-state index contributed by atoms with van der Waals surface area (Å²) in [5.74, 6) is -0.497. The molecule has 0 aliphatic rings. The van der Waals surface area contributed by atoms with E-state index in [1.54, 1.807) is 12.1 Å². The fourth-order valence-electron chi connectivity index (χ4n) is 2.18. The standard InChI is InChI=1S/C16H22N4O2/c1-10(12-9-20(16(3,4)5)19-11(12)2)17-14-8-6-7-13(18-14)15(21)22/h6-10H,1-5H3,(H,17,18)(H,21,22). The number of hydrogen-bond acceptors (Lipinski definition) is 4. The predicted molar refractivity (Wildman–Crippen MR) is 85.2 cm³/mol. The monoisotopic (exact) mass is 302 g/mol. The van der Waals surface area contributed by atoms with E-state index in [0.717, 1.165) is 11.3 Å². The van der Waals surface area contributed by atoms with Crippen LogP contribution < -0.4 is 5.32 Å². The summed E-state index contributed by atoms with van der Waals surface area (Å²) in [4.78, 5) is 15.1. The Morgan fingerprint density at radius 1 is 1.36 bits per heavy atom. The number of hydrogen-bond donors (Lipinski definition) is 2. The van der Waals surface area contributed by atoms with Crippen LogP contribution in [-0.2, 0) is 5.54 Å². The molecule has 6 nitrogen and oxygen atoms in total. The predicted octanol–water partition coefficient (Wildman–Crippen LogP) is 3.21. The highest BCUT2D eigenvalue weighted by Gasteiger charge is 2.19. The van der Waals surface area contributed by atoms with E-state index < -0.39 is 5.97 Å². The van der Waals surface area contributed by atoms with Gasteiger partial charge in [0.2, 0.25) is 0 Å². The van der Waals surface area contributed by atoms with E-state index in [2.05, 4.69) is 36.2 Å². The molecule has 0 spiro atoms. The fourth-order valence-corrected chi connectivity index (χ4v) is 2.18. The van der Waals surface area contributed by atoms with E-state index in [4.69, 9.17) is 5.11 Å². The lowest BCUT2D eigenvalue weighted by molar-refractivity contribution is 0.0690. The first-order valence-corrected chi connectivity index (χ1v) is 7.22.